The number of terminal acetylenes is 1. The van der Waals surface area contributed by atoms with Gasteiger partial charge in [-0.15, -0.1) is 12.3 Å². The molecule has 0 aromatic carbocycles. The van der Waals surface area contributed by atoms with Crippen molar-refractivity contribution in [3.8, 4) is 12.3 Å². The molecule has 0 aliphatic rings. The van der Waals surface area contributed by atoms with Gasteiger partial charge in [0, 0.05) is 13.0 Å². The van der Waals surface area contributed by atoms with Crippen LogP contribution in [0.4, 0.5) is 11.6 Å². The van der Waals surface area contributed by atoms with Crippen molar-refractivity contribution >= 4 is 11.6 Å². The first kappa shape index (κ1) is 8.41. The van der Waals surface area contributed by atoms with Gasteiger partial charge in [-0.2, -0.15) is 0 Å². The summed E-state index contributed by atoms with van der Waals surface area (Å²) in [6.07, 6.45) is 5.78. The summed E-state index contributed by atoms with van der Waals surface area (Å²) in [5, 5.41) is 3.05. The Labute approximate surface area is 72.0 Å². The Bertz CT molecular complexity index is 288. The van der Waals surface area contributed by atoms with Crippen molar-refractivity contribution in [2.45, 2.75) is 6.42 Å². The number of rotatable bonds is 3. The van der Waals surface area contributed by atoms with Gasteiger partial charge < -0.3 is 11.1 Å². The van der Waals surface area contributed by atoms with E-state index in [9.17, 15) is 0 Å². The molecule has 0 atom stereocenters. The second kappa shape index (κ2) is 4.24. The molecule has 1 aromatic rings. The first-order valence-corrected chi connectivity index (χ1v) is 3.73. The third-order valence-corrected chi connectivity index (χ3v) is 1.35. The summed E-state index contributed by atoms with van der Waals surface area (Å²) in [4.78, 5) is 4.04. The lowest BCUT2D eigenvalue weighted by molar-refractivity contribution is 1.08. The van der Waals surface area contributed by atoms with Crippen LogP contribution in [-0.4, -0.2) is 11.5 Å². The summed E-state index contributed by atoms with van der Waals surface area (Å²) in [7, 11) is 0. The smallest absolute Gasteiger partial charge is 0.128 e. The molecule has 0 radical (unpaired) electrons. The highest BCUT2D eigenvalue weighted by atomic mass is 15.0. The molecule has 3 nitrogen and oxygen atoms in total. The van der Waals surface area contributed by atoms with Crippen LogP contribution < -0.4 is 11.1 Å². The van der Waals surface area contributed by atoms with Crippen LogP contribution in [0.5, 0.6) is 0 Å². The van der Waals surface area contributed by atoms with Crippen LogP contribution >= 0.6 is 0 Å². The lowest BCUT2D eigenvalue weighted by Gasteiger charge is -2.02. The van der Waals surface area contributed by atoms with Gasteiger partial charge in [-0.3, -0.25) is 0 Å². The Hall–Kier alpha value is -1.69. The van der Waals surface area contributed by atoms with Crippen molar-refractivity contribution < 1.29 is 0 Å². The summed E-state index contributed by atoms with van der Waals surface area (Å²) in [5.41, 5.74) is 5.47. The Morgan fingerprint density at radius 2 is 2.42 bits per heavy atom. The van der Waals surface area contributed by atoms with E-state index in [1.165, 1.54) is 0 Å². The van der Waals surface area contributed by atoms with E-state index in [0.717, 1.165) is 12.4 Å². The number of hydrogen-bond acceptors (Lipinski definition) is 3. The normalized spacial score (nSPS) is 8.92. The summed E-state index contributed by atoms with van der Waals surface area (Å²) >= 11 is 0. The van der Waals surface area contributed by atoms with Crippen LogP contribution in [0.15, 0.2) is 18.2 Å². The highest BCUT2D eigenvalue weighted by molar-refractivity contribution is 5.42. The zero-order chi connectivity index (χ0) is 8.81. The van der Waals surface area contributed by atoms with E-state index < -0.39 is 0 Å². The van der Waals surface area contributed by atoms with Gasteiger partial charge in [-0.1, -0.05) is 6.07 Å². The van der Waals surface area contributed by atoms with Crippen LogP contribution in [0.1, 0.15) is 6.42 Å². The minimum Gasteiger partial charge on any atom is -0.384 e. The minimum absolute atomic E-state index is 0.515. The average molecular weight is 161 g/mol. The van der Waals surface area contributed by atoms with E-state index in [0.29, 0.717) is 12.2 Å². The molecule has 1 rings (SSSR count). The number of nitrogens with zero attached hydrogens (tertiary/aromatic N) is 1. The largest absolute Gasteiger partial charge is 0.384 e. The predicted molar refractivity (Wildman–Crippen MR) is 50.6 cm³/mol. The van der Waals surface area contributed by atoms with E-state index in [1.54, 1.807) is 6.07 Å². The lowest BCUT2D eigenvalue weighted by atomic mass is 10.4. The molecule has 0 bridgehead atoms. The molecule has 0 fully saturated rings. The van der Waals surface area contributed by atoms with E-state index >= 15 is 0 Å². The summed E-state index contributed by atoms with van der Waals surface area (Å²) in [6, 6.07) is 5.44. The number of pyridine rings is 1. The van der Waals surface area contributed by atoms with Crippen molar-refractivity contribution in [2.75, 3.05) is 17.6 Å². The quantitative estimate of drug-likeness (QED) is 0.515. The fraction of sp³-hybridized carbons (Fsp3) is 0.222. The number of nitrogens with two attached hydrogens (primary N) is 1. The van der Waals surface area contributed by atoms with Crippen LogP contribution in [-0.2, 0) is 0 Å². The summed E-state index contributed by atoms with van der Waals surface area (Å²) in [6.45, 7) is 0.729. The molecule has 3 N–H and O–H groups in total. The molecule has 62 valence electrons. The lowest BCUT2D eigenvalue weighted by Crippen LogP contribution is -2.03. The molecule has 0 saturated heterocycles. The Morgan fingerprint density at radius 3 is 3.08 bits per heavy atom. The van der Waals surface area contributed by atoms with Gasteiger partial charge in [0.1, 0.15) is 11.6 Å². The third kappa shape index (κ3) is 2.51. The van der Waals surface area contributed by atoms with Crippen molar-refractivity contribution in [3.63, 3.8) is 0 Å². The second-order valence-electron chi connectivity index (χ2n) is 2.33. The monoisotopic (exact) mass is 161 g/mol. The highest BCUT2D eigenvalue weighted by Gasteiger charge is 1.91. The molecule has 1 aromatic heterocycles. The van der Waals surface area contributed by atoms with Crippen molar-refractivity contribution in [1.29, 1.82) is 0 Å². The minimum atomic E-state index is 0.515. The maximum Gasteiger partial charge on any atom is 0.128 e. The molecule has 0 unspecified atom stereocenters. The molecule has 0 saturated carbocycles. The van der Waals surface area contributed by atoms with Gasteiger partial charge in [0.25, 0.3) is 0 Å². The molecular formula is C9H11N3. The number of anilines is 2. The van der Waals surface area contributed by atoms with Gasteiger partial charge in [0.05, 0.1) is 0 Å². The van der Waals surface area contributed by atoms with Crippen LogP contribution in [0.25, 0.3) is 0 Å². The van der Waals surface area contributed by atoms with Gasteiger partial charge in [0.2, 0.25) is 0 Å². The fourth-order valence-electron chi connectivity index (χ4n) is 0.813. The van der Waals surface area contributed by atoms with E-state index in [2.05, 4.69) is 16.2 Å². The molecular weight excluding hydrogens is 150 g/mol. The molecule has 0 aliphatic carbocycles. The standard InChI is InChI=1S/C9H11N3/c1-2-3-7-11-9-6-4-5-8(10)12-9/h1,4-6H,3,7H2,(H3,10,11,12). The van der Waals surface area contributed by atoms with Crippen molar-refractivity contribution in [2.24, 2.45) is 0 Å². The number of nitrogens with one attached hydrogen (secondary N) is 1. The number of aromatic nitrogens is 1. The van der Waals surface area contributed by atoms with Gasteiger partial charge in [-0.25, -0.2) is 4.98 Å². The van der Waals surface area contributed by atoms with Crippen LogP contribution in [0.3, 0.4) is 0 Å². The zero-order valence-corrected chi connectivity index (χ0v) is 6.75. The number of hydrogen-bond donors (Lipinski definition) is 2. The highest BCUT2D eigenvalue weighted by Crippen LogP contribution is 2.04. The summed E-state index contributed by atoms with van der Waals surface area (Å²) < 4.78 is 0. The van der Waals surface area contributed by atoms with Gasteiger partial charge in [0.15, 0.2) is 0 Å². The van der Waals surface area contributed by atoms with Crippen molar-refractivity contribution in [1.82, 2.24) is 4.98 Å². The van der Waals surface area contributed by atoms with Crippen LogP contribution in [0, 0.1) is 12.3 Å². The van der Waals surface area contributed by atoms with Crippen LogP contribution in [0.2, 0.25) is 0 Å². The molecule has 0 amide bonds. The zero-order valence-electron chi connectivity index (χ0n) is 6.75. The second-order valence-corrected chi connectivity index (χ2v) is 2.33. The molecule has 0 spiro atoms. The topological polar surface area (TPSA) is 50.9 Å². The molecule has 3 heteroatoms. The first-order valence-electron chi connectivity index (χ1n) is 3.73. The van der Waals surface area contributed by atoms with Gasteiger partial charge >= 0.3 is 0 Å². The Balaban J connectivity index is 2.48. The average Bonchev–Trinajstić information content (AvgIpc) is 2.05. The number of nitrogen functional groups attached to an aromatic ring is 1. The third-order valence-electron chi connectivity index (χ3n) is 1.35. The Kier molecular flexibility index (Phi) is 2.97. The van der Waals surface area contributed by atoms with E-state index in [1.807, 2.05) is 12.1 Å². The summed E-state index contributed by atoms with van der Waals surface area (Å²) in [5.74, 6) is 3.81. The predicted octanol–water partition coefficient (Wildman–Crippen LogP) is 1.10. The fourth-order valence-corrected chi connectivity index (χ4v) is 0.813. The molecule has 1 heterocycles. The molecule has 0 aliphatic heterocycles. The SMILES string of the molecule is C#CCCNc1cccc(N)n1. The maximum absolute atomic E-state index is 5.47. The first-order chi connectivity index (χ1) is 5.83. The van der Waals surface area contributed by atoms with Crippen molar-refractivity contribution in [3.05, 3.63) is 18.2 Å². The van der Waals surface area contributed by atoms with E-state index in [4.69, 9.17) is 12.2 Å². The molecule has 12 heavy (non-hydrogen) atoms. The van der Waals surface area contributed by atoms with Gasteiger partial charge in [-0.05, 0) is 12.1 Å². The Morgan fingerprint density at radius 1 is 1.58 bits per heavy atom. The maximum atomic E-state index is 5.47. The van der Waals surface area contributed by atoms with E-state index in [-0.39, 0.29) is 0 Å².